The first-order chi connectivity index (χ1) is 7.83. The number of ketones is 1. The molecule has 1 fully saturated rings. The number of para-hydroxylation sites is 1. The van der Waals surface area contributed by atoms with Crippen LogP contribution in [0.25, 0.3) is 11.0 Å². The van der Waals surface area contributed by atoms with Gasteiger partial charge in [-0.2, -0.15) is 0 Å². The first-order valence-electron chi connectivity index (χ1n) is 5.83. The first-order valence-corrected chi connectivity index (χ1v) is 5.83. The Balaban J connectivity index is 1.91. The summed E-state index contributed by atoms with van der Waals surface area (Å²) in [5.74, 6) is 1.88. The normalized spacial score (nSPS) is 18.1. The van der Waals surface area contributed by atoms with Crippen molar-refractivity contribution in [3.8, 4) is 0 Å². The molecule has 1 aromatic heterocycles. The van der Waals surface area contributed by atoms with Crippen LogP contribution in [0.3, 0.4) is 0 Å². The topological polar surface area (TPSA) is 30.2 Å². The number of hydrogen-bond donors (Lipinski definition) is 0. The van der Waals surface area contributed by atoms with Crippen LogP contribution in [0.2, 0.25) is 0 Å². The molecule has 0 atom stereocenters. The van der Waals surface area contributed by atoms with Crippen LogP contribution in [0, 0.1) is 0 Å². The molecule has 0 spiro atoms. The summed E-state index contributed by atoms with van der Waals surface area (Å²) in [4.78, 5) is 11.2. The Hall–Kier alpha value is -1.57. The van der Waals surface area contributed by atoms with E-state index in [0.717, 1.165) is 29.6 Å². The zero-order valence-corrected chi connectivity index (χ0v) is 9.11. The number of carbonyl (C=O) groups is 1. The van der Waals surface area contributed by atoms with Gasteiger partial charge in [0.1, 0.15) is 17.1 Å². The monoisotopic (exact) mass is 214 g/mol. The van der Waals surface area contributed by atoms with E-state index in [1.54, 1.807) is 0 Å². The Morgan fingerprint density at radius 2 is 1.88 bits per heavy atom. The summed E-state index contributed by atoms with van der Waals surface area (Å²) in [6.07, 6.45) is 3.31. The SMILES string of the molecule is O=C1CCC(c2cc3ccccc3o2)CC1. The van der Waals surface area contributed by atoms with Gasteiger partial charge < -0.3 is 4.42 Å². The van der Waals surface area contributed by atoms with Gasteiger partial charge in [0.2, 0.25) is 0 Å². The van der Waals surface area contributed by atoms with Crippen LogP contribution in [-0.2, 0) is 4.79 Å². The van der Waals surface area contributed by atoms with E-state index in [2.05, 4.69) is 12.1 Å². The fourth-order valence-electron chi connectivity index (χ4n) is 2.43. The van der Waals surface area contributed by atoms with Crippen LogP contribution in [0.5, 0.6) is 0 Å². The predicted molar refractivity (Wildman–Crippen MR) is 62.4 cm³/mol. The van der Waals surface area contributed by atoms with Crippen LogP contribution >= 0.6 is 0 Å². The molecule has 82 valence electrons. The van der Waals surface area contributed by atoms with E-state index in [4.69, 9.17) is 4.42 Å². The Kier molecular flexibility index (Phi) is 2.28. The average Bonchev–Trinajstić information content (AvgIpc) is 2.73. The van der Waals surface area contributed by atoms with Crippen LogP contribution in [0.1, 0.15) is 37.4 Å². The Bertz CT molecular complexity index is 481. The van der Waals surface area contributed by atoms with E-state index >= 15 is 0 Å². The molecule has 2 aromatic rings. The summed E-state index contributed by atoms with van der Waals surface area (Å²) in [6.45, 7) is 0. The molecule has 1 saturated carbocycles. The molecule has 1 aromatic carbocycles. The lowest BCUT2D eigenvalue weighted by atomic mass is 9.87. The van der Waals surface area contributed by atoms with E-state index in [1.807, 2.05) is 18.2 Å². The highest BCUT2D eigenvalue weighted by molar-refractivity contribution is 5.80. The molecular weight excluding hydrogens is 200 g/mol. The van der Waals surface area contributed by atoms with Crippen molar-refractivity contribution in [3.63, 3.8) is 0 Å². The molecule has 0 saturated heterocycles. The zero-order chi connectivity index (χ0) is 11.0. The predicted octanol–water partition coefficient (Wildman–Crippen LogP) is 3.66. The van der Waals surface area contributed by atoms with E-state index in [1.165, 1.54) is 0 Å². The second-order valence-corrected chi connectivity index (χ2v) is 4.50. The van der Waals surface area contributed by atoms with E-state index < -0.39 is 0 Å². The molecule has 0 N–H and O–H groups in total. The van der Waals surface area contributed by atoms with Gasteiger partial charge in [0.25, 0.3) is 0 Å². The lowest BCUT2D eigenvalue weighted by Crippen LogP contribution is -2.11. The minimum Gasteiger partial charge on any atom is -0.461 e. The maximum atomic E-state index is 11.2. The summed E-state index contributed by atoms with van der Waals surface area (Å²) in [6, 6.07) is 10.2. The van der Waals surface area contributed by atoms with Crippen LogP contribution in [0.15, 0.2) is 34.7 Å². The number of fused-ring (bicyclic) bond motifs is 1. The molecule has 1 heterocycles. The minimum atomic E-state index is 0.396. The highest BCUT2D eigenvalue weighted by atomic mass is 16.3. The van der Waals surface area contributed by atoms with E-state index in [9.17, 15) is 4.79 Å². The van der Waals surface area contributed by atoms with Crippen LogP contribution < -0.4 is 0 Å². The second kappa shape index (κ2) is 3.78. The highest BCUT2D eigenvalue weighted by Gasteiger charge is 2.22. The van der Waals surface area contributed by atoms with E-state index in [0.29, 0.717) is 24.5 Å². The van der Waals surface area contributed by atoms with Crippen molar-refractivity contribution in [2.45, 2.75) is 31.6 Å². The van der Waals surface area contributed by atoms with Gasteiger partial charge in [0.05, 0.1) is 0 Å². The highest BCUT2D eigenvalue weighted by Crippen LogP contribution is 2.34. The molecular formula is C14H14O2. The van der Waals surface area contributed by atoms with Crippen molar-refractivity contribution < 1.29 is 9.21 Å². The third kappa shape index (κ3) is 1.64. The largest absolute Gasteiger partial charge is 0.461 e. The van der Waals surface area contributed by atoms with Gasteiger partial charge in [0.15, 0.2) is 0 Å². The number of benzene rings is 1. The minimum absolute atomic E-state index is 0.396. The molecule has 1 aliphatic carbocycles. The van der Waals surface area contributed by atoms with Gasteiger partial charge >= 0.3 is 0 Å². The summed E-state index contributed by atoms with van der Waals surface area (Å²) >= 11 is 0. The van der Waals surface area contributed by atoms with Crippen LogP contribution in [0.4, 0.5) is 0 Å². The fourth-order valence-corrected chi connectivity index (χ4v) is 2.43. The Labute approximate surface area is 94.3 Å². The molecule has 0 bridgehead atoms. The van der Waals surface area contributed by atoms with Crippen molar-refractivity contribution in [1.29, 1.82) is 0 Å². The maximum Gasteiger partial charge on any atom is 0.134 e. The van der Waals surface area contributed by atoms with Gasteiger partial charge in [-0.05, 0) is 25.0 Å². The van der Waals surface area contributed by atoms with E-state index in [-0.39, 0.29) is 0 Å². The molecule has 1 aliphatic rings. The summed E-state index contributed by atoms with van der Waals surface area (Å²) < 4.78 is 5.83. The average molecular weight is 214 g/mol. The zero-order valence-electron chi connectivity index (χ0n) is 9.11. The number of hydrogen-bond acceptors (Lipinski definition) is 2. The smallest absolute Gasteiger partial charge is 0.134 e. The Morgan fingerprint density at radius 3 is 2.62 bits per heavy atom. The standard InChI is InChI=1S/C14H14O2/c15-12-7-5-10(6-8-12)14-9-11-3-1-2-4-13(11)16-14/h1-4,9-10H,5-8H2. The van der Waals surface area contributed by atoms with Crippen molar-refractivity contribution in [2.24, 2.45) is 0 Å². The van der Waals surface area contributed by atoms with Crippen molar-refractivity contribution in [1.82, 2.24) is 0 Å². The number of furan rings is 1. The molecule has 3 rings (SSSR count). The van der Waals surface area contributed by atoms with Crippen molar-refractivity contribution in [2.75, 3.05) is 0 Å². The second-order valence-electron chi connectivity index (χ2n) is 4.50. The fraction of sp³-hybridized carbons (Fsp3) is 0.357. The van der Waals surface area contributed by atoms with Gasteiger partial charge in [-0.15, -0.1) is 0 Å². The molecule has 2 nitrogen and oxygen atoms in total. The lowest BCUT2D eigenvalue weighted by Gasteiger charge is -2.18. The molecule has 16 heavy (non-hydrogen) atoms. The number of Topliss-reactive ketones (excluding diaryl/α,β-unsaturated/α-hetero) is 1. The number of carbonyl (C=O) groups excluding carboxylic acids is 1. The molecule has 0 unspecified atom stereocenters. The summed E-state index contributed by atoms with van der Waals surface area (Å²) in [5, 5.41) is 1.16. The summed E-state index contributed by atoms with van der Waals surface area (Å²) in [7, 11) is 0. The molecule has 0 radical (unpaired) electrons. The van der Waals surface area contributed by atoms with Gasteiger partial charge in [0, 0.05) is 24.1 Å². The van der Waals surface area contributed by atoms with Gasteiger partial charge in [-0.1, -0.05) is 18.2 Å². The van der Waals surface area contributed by atoms with Gasteiger partial charge in [-0.3, -0.25) is 4.79 Å². The van der Waals surface area contributed by atoms with Crippen molar-refractivity contribution >= 4 is 16.8 Å². The maximum absolute atomic E-state index is 11.2. The lowest BCUT2D eigenvalue weighted by molar-refractivity contribution is -0.120. The third-order valence-electron chi connectivity index (χ3n) is 3.39. The Morgan fingerprint density at radius 1 is 1.12 bits per heavy atom. The first kappa shape index (κ1) is 9.64. The van der Waals surface area contributed by atoms with Gasteiger partial charge in [-0.25, -0.2) is 0 Å². The quantitative estimate of drug-likeness (QED) is 0.725. The van der Waals surface area contributed by atoms with Crippen LogP contribution in [-0.4, -0.2) is 5.78 Å². The molecule has 0 amide bonds. The van der Waals surface area contributed by atoms with Crippen molar-refractivity contribution in [3.05, 3.63) is 36.1 Å². The number of rotatable bonds is 1. The molecule has 2 heteroatoms. The third-order valence-corrected chi connectivity index (χ3v) is 3.39. The summed E-state index contributed by atoms with van der Waals surface area (Å²) in [5.41, 5.74) is 0.953. The molecule has 0 aliphatic heterocycles.